The van der Waals surface area contributed by atoms with E-state index >= 15 is 0 Å². The van der Waals surface area contributed by atoms with E-state index in [0.717, 1.165) is 29.4 Å². The Morgan fingerprint density at radius 1 is 1.16 bits per heavy atom. The molecule has 5 rings (SSSR count). The summed E-state index contributed by atoms with van der Waals surface area (Å²) in [7, 11) is 1.56. The molecule has 1 heterocycles. The van der Waals surface area contributed by atoms with E-state index in [-0.39, 0.29) is 5.91 Å². The lowest BCUT2D eigenvalue weighted by Crippen LogP contribution is -2.19. The number of ether oxygens (including phenoxy) is 1. The molecule has 0 saturated heterocycles. The highest BCUT2D eigenvalue weighted by Gasteiger charge is 2.37. The highest BCUT2D eigenvalue weighted by molar-refractivity contribution is 8.00. The van der Waals surface area contributed by atoms with Crippen molar-refractivity contribution in [2.45, 2.75) is 48.0 Å². The number of carbonyl (C=O) groups is 1. The highest BCUT2D eigenvalue weighted by Crippen LogP contribution is 2.47. The Labute approximate surface area is 190 Å². The minimum absolute atomic E-state index is 0.129. The Hall–Kier alpha value is -2.51. The molecule has 3 aromatic rings. The molecule has 31 heavy (non-hydrogen) atoms. The Balaban J connectivity index is 1.43. The van der Waals surface area contributed by atoms with Gasteiger partial charge in [-0.1, -0.05) is 53.7 Å². The number of nitrogens with one attached hydrogen (secondary N) is 1. The van der Waals surface area contributed by atoms with Gasteiger partial charge in [0.05, 0.1) is 12.1 Å². The molecule has 2 aromatic carbocycles. The number of nitrogens with zero attached hydrogens (tertiary/aromatic N) is 3. The molecule has 1 amide bonds. The molecule has 0 spiro atoms. The highest BCUT2D eigenvalue weighted by atomic mass is 35.5. The molecule has 6 nitrogen and oxygen atoms in total. The monoisotopic (exact) mass is 454 g/mol. The molecule has 0 radical (unpaired) electrons. The van der Waals surface area contributed by atoms with Gasteiger partial charge >= 0.3 is 0 Å². The van der Waals surface area contributed by atoms with Gasteiger partial charge in [0, 0.05) is 17.6 Å². The van der Waals surface area contributed by atoms with E-state index in [2.05, 4.69) is 20.1 Å². The first-order valence-corrected chi connectivity index (χ1v) is 11.7. The van der Waals surface area contributed by atoms with Gasteiger partial charge in [0.1, 0.15) is 16.8 Å². The third kappa shape index (κ3) is 4.43. The van der Waals surface area contributed by atoms with E-state index < -0.39 is 5.25 Å². The summed E-state index contributed by atoms with van der Waals surface area (Å²) in [4.78, 5) is 13.4. The van der Waals surface area contributed by atoms with Crippen LogP contribution in [0.5, 0.6) is 5.75 Å². The van der Waals surface area contributed by atoms with Crippen molar-refractivity contribution in [3.8, 4) is 5.75 Å². The quantitative estimate of drug-likeness (QED) is 0.447. The Morgan fingerprint density at radius 2 is 1.94 bits per heavy atom. The molecule has 160 valence electrons. The summed E-state index contributed by atoms with van der Waals surface area (Å²) in [6, 6.07) is 15.5. The number of hydrogen-bond acceptors (Lipinski definition) is 5. The molecule has 2 aliphatic carbocycles. The number of aromatic nitrogens is 3. The average Bonchev–Trinajstić information content (AvgIpc) is 3.71. The number of carbonyl (C=O) groups excluding carboxylic acids is 1. The van der Waals surface area contributed by atoms with Crippen molar-refractivity contribution in [2.24, 2.45) is 0 Å². The summed E-state index contributed by atoms with van der Waals surface area (Å²) in [5, 5.41) is 12.8. The summed E-state index contributed by atoms with van der Waals surface area (Å²) in [6.45, 7) is 0. The summed E-state index contributed by atoms with van der Waals surface area (Å²) >= 11 is 7.70. The Morgan fingerprint density at radius 3 is 2.58 bits per heavy atom. The zero-order valence-electron chi connectivity index (χ0n) is 17.1. The van der Waals surface area contributed by atoms with Crippen LogP contribution in [0.25, 0.3) is 0 Å². The van der Waals surface area contributed by atoms with E-state index in [9.17, 15) is 4.79 Å². The number of methoxy groups -OCH3 is 1. The van der Waals surface area contributed by atoms with Crippen molar-refractivity contribution in [2.75, 3.05) is 12.4 Å². The fourth-order valence-electron chi connectivity index (χ4n) is 3.62. The van der Waals surface area contributed by atoms with Crippen LogP contribution < -0.4 is 10.1 Å². The molecule has 1 aromatic heterocycles. The van der Waals surface area contributed by atoms with Gasteiger partial charge in [-0.15, -0.1) is 10.2 Å². The van der Waals surface area contributed by atoms with Gasteiger partial charge in [0.25, 0.3) is 0 Å². The first kappa shape index (κ1) is 20.4. The van der Waals surface area contributed by atoms with E-state index in [1.165, 1.54) is 24.6 Å². The van der Waals surface area contributed by atoms with E-state index in [4.69, 9.17) is 16.3 Å². The summed E-state index contributed by atoms with van der Waals surface area (Å²) in [6.07, 6.45) is 4.66. The van der Waals surface area contributed by atoms with Crippen LogP contribution in [-0.2, 0) is 4.79 Å². The lowest BCUT2D eigenvalue weighted by Gasteiger charge is -2.18. The standard InChI is InChI=1S/C23H23ClN4O2S/c1-30-19-12-9-16(13-18(19)24)25-22(29)20(14-5-3-2-4-6-14)31-23-27-26-21(15-7-8-15)28(23)17-10-11-17/h2-6,9,12-13,15,17,20H,7-8,10-11H2,1H3,(H,25,29)/t20-/m1/s1. The van der Waals surface area contributed by atoms with Crippen molar-refractivity contribution in [3.05, 3.63) is 64.9 Å². The van der Waals surface area contributed by atoms with Gasteiger partial charge in [0.15, 0.2) is 5.16 Å². The van der Waals surface area contributed by atoms with Gasteiger partial charge in [-0.2, -0.15) is 0 Å². The van der Waals surface area contributed by atoms with Crippen LogP contribution in [-0.4, -0.2) is 27.8 Å². The molecule has 2 saturated carbocycles. The van der Waals surface area contributed by atoms with Crippen LogP contribution in [0.15, 0.2) is 53.7 Å². The van der Waals surface area contributed by atoms with E-state index in [1.807, 2.05) is 30.3 Å². The molecular formula is C23H23ClN4O2S. The SMILES string of the molecule is COc1ccc(NC(=O)[C@H](Sc2nnc(C3CC3)n2C2CC2)c2ccccc2)cc1Cl. The van der Waals surface area contributed by atoms with E-state index in [0.29, 0.717) is 28.4 Å². The molecule has 0 bridgehead atoms. The largest absolute Gasteiger partial charge is 0.495 e. The molecule has 1 N–H and O–H groups in total. The van der Waals surface area contributed by atoms with E-state index in [1.54, 1.807) is 25.3 Å². The number of amides is 1. The number of anilines is 1. The summed E-state index contributed by atoms with van der Waals surface area (Å²) in [5.41, 5.74) is 1.54. The fraction of sp³-hybridized carbons (Fsp3) is 0.348. The first-order valence-electron chi connectivity index (χ1n) is 10.4. The predicted octanol–water partition coefficient (Wildman–Crippen LogP) is 5.62. The maximum atomic E-state index is 13.4. The minimum Gasteiger partial charge on any atom is -0.495 e. The summed E-state index contributed by atoms with van der Waals surface area (Å²) < 4.78 is 7.48. The number of halogens is 1. The Bertz CT molecular complexity index is 1100. The third-order valence-electron chi connectivity index (χ3n) is 5.53. The van der Waals surface area contributed by atoms with Crippen LogP contribution in [0, 0.1) is 0 Å². The molecule has 1 atom stereocenters. The second-order valence-corrected chi connectivity index (χ2v) is 9.44. The van der Waals surface area contributed by atoms with Crippen molar-refractivity contribution < 1.29 is 9.53 Å². The number of benzene rings is 2. The predicted molar refractivity (Wildman–Crippen MR) is 122 cm³/mol. The molecule has 2 fully saturated rings. The molecule has 0 unspecified atom stereocenters. The van der Waals surface area contributed by atoms with Crippen LogP contribution in [0.2, 0.25) is 5.02 Å². The van der Waals surface area contributed by atoms with Gasteiger partial charge in [-0.05, 0) is 49.4 Å². The van der Waals surface area contributed by atoms with Crippen LogP contribution in [0.4, 0.5) is 5.69 Å². The summed E-state index contributed by atoms with van der Waals surface area (Å²) in [5.74, 6) is 2.04. The van der Waals surface area contributed by atoms with Crippen molar-refractivity contribution in [1.29, 1.82) is 0 Å². The first-order chi connectivity index (χ1) is 15.1. The normalized spacial score (nSPS) is 16.7. The third-order valence-corrected chi connectivity index (χ3v) is 7.03. The van der Waals surface area contributed by atoms with Gasteiger partial charge in [-0.25, -0.2) is 0 Å². The second kappa shape index (κ2) is 8.55. The molecule has 2 aliphatic rings. The smallest absolute Gasteiger partial charge is 0.242 e. The lowest BCUT2D eigenvalue weighted by molar-refractivity contribution is -0.115. The molecule has 8 heteroatoms. The molecular weight excluding hydrogens is 432 g/mol. The van der Waals surface area contributed by atoms with Crippen LogP contribution in [0.3, 0.4) is 0 Å². The number of thioether (sulfide) groups is 1. The van der Waals surface area contributed by atoms with Crippen LogP contribution >= 0.6 is 23.4 Å². The lowest BCUT2D eigenvalue weighted by atomic mass is 10.1. The fourth-order valence-corrected chi connectivity index (χ4v) is 4.99. The zero-order valence-corrected chi connectivity index (χ0v) is 18.7. The van der Waals surface area contributed by atoms with Gasteiger partial charge < -0.3 is 14.6 Å². The zero-order chi connectivity index (χ0) is 21.4. The van der Waals surface area contributed by atoms with Crippen LogP contribution in [0.1, 0.15) is 54.3 Å². The second-order valence-electron chi connectivity index (χ2n) is 7.96. The molecule has 0 aliphatic heterocycles. The topological polar surface area (TPSA) is 69.0 Å². The average molecular weight is 455 g/mol. The number of hydrogen-bond donors (Lipinski definition) is 1. The Kier molecular flexibility index (Phi) is 5.63. The maximum Gasteiger partial charge on any atom is 0.242 e. The van der Waals surface area contributed by atoms with Gasteiger partial charge in [0.2, 0.25) is 5.91 Å². The van der Waals surface area contributed by atoms with Crippen molar-refractivity contribution >= 4 is 35.0 Å². The number of rotatable bonds is 8. The maximum absolute atomic E-state index is 13.4. The minimum atomic E-state index is -0.462. The van der Waals surface area contributed by atoms with Gasteiger partial charge in [-0.3, -0.25) is 4.79 Å². The van der Waals surface area contributed by atoms with Crippen molar-refractivity contribution in [3.63, 3.8) is 0 Å². The van der Waals surface area contributed by atoms with Crippen molar-refractivity contribution in [1.82, 2.24) is 14.8 Å².